The Labute approximate surface area is 115 Å². The van der Waals surface area contributed by atoms with Crippen LogP contribution < -0.4 is 10.6 Å². The lowest BCUT2D eigenvalue weighted by Gasteiger charge is -2.14. The monoisotopic (exact) mass is 261 g/mol. The first-order valence-electron chi connectivity index (χ1n) is 7.03. The topological polar surface area (TPSA) is 54.0 Å². The second-order valence-electron chi connectivity index (χ2n) is 5.79. The first kappa shape index (κ1) is 13.8. The molecule has 0 saturated heterocycles. The highest BCUT2D eigenvalue weighted by molar-refractivity contribution is 5.99. The van der Waals surface area contributed by atoms with E-state index in [0.717, 1.165) is 30.9 Å². The quantitative estimate of drug-likeness (QED) is 0.828. The summed E-state index contributed by atoms with van der Waals surface area (Å²) in [5.74, 6) is -0.0285. The number of hydrogen-bond acceptors (Lipinski definition) is 3. The number of carbonyl (C=O) groups excluding carboxylic acids is 1. The van der Waals surface area contributed by atoms with Gasteiger partial charge < -0.3 is 10.6 Å². The zero-order valence-electron chi connectivity index (χ0n) is 12.0. The molecule has 2 N–H and O–H groups in total. The van der Waals surface area contributed by atoms with Crippen molar-refractivity contribution in [3.63, 3.8) is 0 Å². The minimum absolute atomic E-state index is 0.0285. The average molecular weight is 261 g/mol. The molecule has 0 unspecified atom stereocenters. The lowest BCUT2D eigenvalue weighted by Crippen LogP contribution is -2.29. The van der Waals surface area contributed by atoms with Gasteiger partial charge in [-0.3, -0.25) is 9.78 Å². The Morgan fingerprint density at radius 1 is 1.47 bits per heavy atom. The molecule has 4 heteroatoms. The van der Waals surface area contributed by atoms with E-state index < -0.39 is 0 Å². The molecule has 0 spiro atoms. The highest BCUT2D eigenvalue weighted by Gasteiger charge is 2.37. The summed E-state index contributed by atoms with van der Waals surface area (Å²) < 4.78 is 0. The molecule has 1 aromatic rings. The second-order valence-corrected chi connectivity index (χ2v) is 5.79. The molecule has 2 rings (SSSR count). The van der Waals surface area contributed by atoms with Crippen LogP contribution in [0.5, 0.6) is 0 Å². The lowest BCUT2D eigenvalue weighted by atomic mass is 10.1. The van der Waals surface area contributed by atoms with Gasteiger partial charge >= 0.3 is 0 Å². The van der Waals surface area contributed by atoms with Gasteiger partial charge in [0.2, 0.25) is 0 Å². The van der Waals surface area contributed by atoms with Gasteiger partial charge in [0.15, 0.2) is 0 Å². The first-order valence-corrected chi connectivity index (χ1v) is 7.03. The van der Waals surface area contributed by atoms with E-state index in [-0.39, 0.29) is 5.91 Å². The molecule has 0 aromatic carbocycles. The van der Waals surface area contributed by atoms with Crippen LogP contribution in [0.15, 0.2) is 12.3 Å². The minimum atomic E-state index is -0.0285. The van der Waals surface area contributed by atoms with E-state index in [1.54, 1.807) is 6.20 Å². The van der Waals surface area contributed by atoms with Gasteiger partial charge in [-0.1, -0.05) is 13.8 Å². The van der Waals surface area contributed by atoms with Crippen molar-refractivity contribution >= 4 is 11.6 Å². The Hall–Kier alpha value is -1.58. The predicted octanol–water partition coefficient (Wildman–Crippen LogP) is 2.74. The predicted molar refractivity (Wildman–Crippen MR) is 77.4 cm³/mol. The fourth-order valence-electron chi connectivity index (χ4n) is 1.93. The first-order chi connectivity index (χ1) is 9.04. The Morgan fingerprint density at radius 3 is 2.84 bits per heavy atom. The standard InChI is InChI=1S/C15H23N3O/c1-4-7-16-13-8-11(2)17-9-12(13)14(19)18-10-15(3)5-6-15/h8-9H,4-7,10H2,1-3H3,(H,16,17)(H,18,19). The van der Waals surface area contributed by atoms with Crippen LogP contribution in [0, 0.1) is 12.3 Å². The molecule has 1 heterocycles. The molecule has 0 radical (unpaired) electrons. The van der Waals surface area contributed by atoms with Crippen LogP contribution in [-0.2, 0) is 0 Å². The molecular weight excluding hydrogens is 238 g/mol. The van der Waals surface area contributed by atoms with Crippen LogP contribution in [0.25, 0.3) is 0 Å². The normalized spacial score (nSPS) is 15.9. The SMILES string of the molecule is CCCNc1cc(C)ncc1C(=O)NCC1(C)CC1. The zero-order valence-corrected chi connectivity index (χ0v) is 12.0. The largest absolute Gasteiger partial charge is 0.384 e. The number of aryl methyl sites for hydroxylation is 1. The van der Waals surface area contributed by atoms with Gasteiger partial charge in [0, 0.05) is 25.0 Å². The van der Waals surface area contributed by atoms with Crippen molar-refractivity contribution in [2.75, 3.05) is 18.4 Å². The van der Waals surface area contributed by atoms with Gasteiger partial charge in [0.25, 0.3) is 5.91 Å². The van der Waals surface area contributed by atoms with Crippen LogP contribution in [0.4, 0.5) is 5.69 Å². The molecule has 1 saturated carbocycles. The molecule has 4 nitrogen and oxygen atoms in total. The number of carbonyl (C=O) groups is 1. The molecule has 1 amide bonds. The Balaban J connectivity index is 2.06. The number of nitrogens with zero attached hydrogens (tertiary/aromatic N) is 1. The summed E-state index contributed by atoms with van der Waals surface area (Å²) in [4.78, 5) is 16.5. The molecule has 19 heavy (non-hydrogen) atoms. The van der Waals surface area contributed by atoms with Gasteiger partial charge in [-0.05, 0) is 37.7 Å². The molecule has 104 valence electrons. The summed E-state index contributed by atoms with van der Waals surface area (Å²) >= 11 is 0. The maximum Gasteiger partial charge on any atom is 0.254 e. The zero-order chi connectivity index (χ0) is 13.9. The fourth-order valence-corrected chi connectivity index (χ4v) is 1.93. The third-order valence-corrected chi connectivity index (χ3v) is 3.63. The van der Waals surface area contributed by atoms with E-state index in [9.17, 15) is 4.79 Å². The van der Waals surface area contributed by atoms with Gasteiger partial charge in [0.05, 0.1) is 11.3 Å². The molecule has 0 bridgehead atoms. The maximum atomic E-state index is 12.2. The summed E-state index contributed by atoms with van der Waals surface area (Å²) in [5.41, 5.74) is 2.77. The van der Waals surface area contributed by atoms with Crippen molar-refractivity contribution in [1.29, 1.82) is 0 Å². The number of nitrogens with one attached hydrogen (secondary N) is 2. The van der Waals surface area contributed by atoms with Crippen molar-refractivity contribution in [2.24, 2.45) is 5.41 Å². The Bertz CT molecular complexity index is 466. The molecule has 1 fully saturated rings. The highest BCUT2D eigenvalue weighted by Crippen LogP contribution is 2.44. The van der Waals surface area contributed by atoms with Crippen LogP contribution >= 0.6 is 0 Å². The van der Waals surface area contributed by atoms with Crippen LogP contribution in [-0.4, -0.2) is 24.0 Å². The minimum Gasteiger partial charge on any atom is -0.384 e. The number of anilines is 1. The number of rotatable bonds is 6. The van der Waals surface area contributed by atoms with Crippen molar-refractivity contribution in [3.05, 3.63) is 23.5 Å². The Morgan fingerprint density at radius 2 is 2.21 bits per heavy atom. The number of amides is 1. The van der Waals surface area contributed by atoms with E-state index in [1.165, 1.54) is 12.8 Å². The highest BCUT2D eigenvalue weighted by atomic mass is 16.1. The summed E-state index contributed by atoms with van der Waals surface area (Å²) in [6.45, 7) is 7.87. The molecule has 1 aliphatic carbocycles. The summed E-state index contributed by atoms with van der Waals surface area (Å²) in [6.07, 6.45) is 5.11. The van der Waals surface area contributed by atoms with E-state index in [4.69, 9.17) is 0 Å². The van der Waals surface area contributed by atoms with E-state index >= 15 is 0 Å². The number of pyridine rings is 1. The molecule has 0 atom stereocenters. The van der Waals surface area contributed by atoms with Crippen molar-refractivity contribution in [2.45, 2.75) is 40.0 Å². The fraction of sp³-hybridized carbons (Fsp3) is 0.600. The third kappa shape index (κ3) is 3.69. The smallest absolute Gasteiger partial charge is 0.254 e. The van der Waals surface area contributed by atoms with Crippen LogP contribution in [0.3, 0.4) is 0 Å². The maximum absolute atomic E-state index is 12.2. The third-order valence-electron chi connectivity index (χ3n) is 3.63. The van der Waals surface area contributed by atoms with E-state index in [0.29, 0.717) is 11.0 Å². The summed E-state index contributed by atoms with van der Waals surface area (Å²) in [7, 11) is 0. The van der Waals surface area contributed by atoms with Crippen LogP contribution in [0.1, 0.15) is 49.2 Å². The van der Waals surface area contributed by atoms with Gasteiger partial charge in [-0.2, -0.15) is 0 Å². The molecule has 0 aliphatic heterocycles. The molecular formula is C15H23N3O. The van der Waals surface area contributed by atoms with Crippen molar-refractivity contribution in [1.82, 2.24) is 10.3 Å². The number of aromatic nitrogens is 1. The summed E-state index contributed by atoms with van der Waals surface area (Å²) in [5, 5.41) is 6.32. The van der Waals surface area contributed by atoms with Gasteiger partial charge in [-0.25, -0.2) is 0 Å². The second kappa shape index (κ2) is 5.59. The average Bonchev–Trinajstić information content (AvgIpc) is 3.12. The van der Waals surface area contributed by atoms with E-state index in [1.807, 2.05) is 13.0 Å². The summed E-state index contributed by atoms with van der Waals surface area (Å²) in [6, 6.07) is 1.93. The Kier molecular flexibility index (Phi) is 4.08. The van der Waals surface area contributed by atoms with Crippen molar-refractivity contribution < 1.29 is 4.79 Å². The number of hydrogen-bond donors (Lipinski definition) is 2. The molecule has 1 aromatic heterocycles. The van der Waals surface area contributed by atoms with Crippen molar-refractivity contribution in [3.8, 4) is 0 Å². The van der Waals surface area contributed by atoms with Gasteiger partial charge in [0.1, 0.15) is 0 Å². The molecule has 1 aliphatic rings. The lowest BCUT2D eigenvalue weighted by molar-refractivity contribution is 0.0946. The van der Waals surface area contributed by atoms with Crippen LogP contribution in [0.2, 0.25) is 0 Å². The van der Waals surface area contributed by atoms with Gasteiger partial charge in [-0.15, -0.1) is 0 Å². The van der Waals surface area contributed by atoms with E-state index in [2.05, 4.69) is 29.5 Å².